The second-order valence-corrected chi connectivity index (χ2v) is 11.6. The average Bonchev–Trinajstić information content (AvgIpc) is 3.68. The molecule has 3 aromatic rings. The Morgan fingerprint density at radius 1 is 1.18 bits per heavy atom. The maximum Gasteiger partial charge on any atom is 0.335 e. The number of nitrogens with zero attached hydrogens (tertiary/aromatic N) is 1. The fourth-order valence-corrected chi connectivity index (χ4v) is 6.44. The molecule has 1 unspecified atom stereocenters. The van der Waals surface area contributed by atoms with E-state index in [1.807, 2.05) is 18.2 Å². The molecule has 2 saturated carbocycles. The maximum atomic E-state index is 11.5. The summed E-state index contributed by atoms with van der Waals surface area (Å²) in [5.74, 6) is 1.50. The van der Waals surface area contributed by atoms with Gasteiger partial charge >= 0.3 is 5.97 Å². The van der Waals surface area contributed by atoms with Crippen LogP contribution in [0.5, 0.6) is 5.75 Å². The van der Waals surface area contributed by atoms with Crippen molar-refractivity contribution in [3.63, 3.8) is 0 Å². The Bertz CT molecular complexity index is 1530. The summed E-state index contributed by atoms with van der Waals surface area (Å²) < 4.78 is 18.5. The molecule has 2 N–H and O–H groups in total. The predicted molar refractivity (Wildman–Crippen MR) is 146 cm³/mol. The highest BCUT2D eigenvalue weighted by atomic mass is 35.5. The predicted octanol–water partition coefficient (Wildman–Crippen LogP) is 7.24. The number of ether oxygens (including phenoxy) is 2. The molecule has 3 heterocycles. The van der Waals surface area contributed by atoms with Crippen LogP contribution in [0.2, 0.25) is 10.0 Å². The molecule has 0 radical (unpaired) electrons. The summed E-state index contributed by atoms with van der Waals surface area (Å²) >= 11 is 13.0. The number of nitrogens with one attached hydrogen (secondary N) is 1. The maximum absolute atomic E-state index is 11.5. The lowest BCUT2D eigenvalue weighted by atomic mass is 9.63. The lowest BCUT2D eigenvalue weighted by Crippen LogP contribution is -2.45. The molecule has 2 fully saturated rings. The van der Waals surface area contributed by atoms with E-state index in [1.54, 1.807) is 30.3 Å². The van der Waals surface area contributed by atoms with Gasteiger partial charge in [0.25, 0.3) is 0 Å². The molecule has 1 atom stereocenters. The third-order valence-electron chi connectivity index (χ3n) is 8.23. The van der Waals surface area contributed by atoms with Gasteiger partial charge in [-0.2, -0.15) is 0 Å². The quantitative estimate of drug-likeness (QED) is 0.325. The summed E-state index contributed by atoms with van der Waals surface area (Å²) in [6.45, 7) is 0.271. The van der Waals surface area contributed by atoms with Crippen molar-refractivity contribution in [3.05, 3.63) is 92.5 Å². The second kappa shape index (κ2) is 9.44. The van der Waals surface area contributed by atoms with Crippen molar-refractivity contribution in [2.24, 2.45) is 5.41 Å². The third kappa shape index (κ3) is 4.33. The molecule has 2 aliphatic carbocycles. The van der Waals surface area contributed by atoms with Gasteiger partial charge in [-0.1, -0.05) is 46.9 Å². The Morgan fingerprint density at radius 2 is 1.97 bits per heavy atom. The Labute approximate surface area is 235 Å². The van der Waals surface area contributed by atoms with Gasteiger partial charge < -0.3 is 24.4 Å². The van der Waals surface area contributed by atoms with E-state index >= 15 is 0 Å². The number of aromatic nitrogens is 1. The number of hydrogen-bond acceptors (Lipinski definition) is 6. The lowest BCUT2D eigenvalue weighted by molar-refractivity contribution is 0.0406. The van der Waals surface area contributed by atoms with Crippen LogP contribution in [0.4, 0.5) is 0 Å². The highest BCUT2D eigenvalue weighted by Gasteiger charge is 2.46. The van der Waals surface area contributed by atoms with Crippen LogP contribution in [0.3, 0.4) is 0 Å². The molecule has 1 spiro atoms. The number of carboxylic acid groups (broad SMARTS) is 1. The Kier molecular flexibility index (Phi) is 5.99. The average molecular weight is 565 g/mol. The second-order valence-electron chi connectivity index (χ2n) is 10.8. The van der Waals surface area contributed by atoms with Crippen molar-refractivity contribution in [1.29, 1.82) is 0 Å². The molecular weight excluding hydrogens is 539 g/mol. The Hall–Kier alpha value is -3.26. The number of dihydropyridines is 1. The van der Waals surface area contributed by atoms with Crippen LogP contribution in [-0.2, 0) is 17.8 Å². The summed E-state index contributed by atoms with van der Waals surface area (Å²) in [6.07, 6.45) is 9.52. The Morgan fingerprint density at radius 3 is 2.67 bits per heavy atom. The summed E-state index contributed by atoms with van der Waals surface area (Å²) in [4.78, 5) is 11.5. The molecule has 0 bridgehead atoms. The van der Waals surface area contributed by atoms with Crippen molar-refractivity contribution in [2.75, 3.05) is 0 Å². The van der Waals surface area contributed by atoms with Crippen LogP contribution in [0.1, 0.15) is 65.3 Å². The fourth-order valence-electron chi connectivity index (χ4n) is 5.87. The van der Waals surface area contributed by atoms with Gasteiger partial charge in [0.05, 0.1) is 27.9 Å². The highest BCUT2D eigenvalue weighted by Crippen LogP contribution is 2.53. The van der Waals surface area contributed by atoms with Crippen LogP contribution in [0.25, 0.3) is 11.3 Å². The number of halogens is 2. The van der Waals surface area contributed by atoms with E-state index in [2.05, 4.69) is 10.5 Å². The number of carboxylic acids is 1. The number of allylic oxidation sites excluding steroid dienone is 2. The SMILES string of the molecule is O=C(O)c1ccc2c(c1)OC1=C(NC(OCc3c(-c4c(Cl)cccc4Cl)noc3C3CC3)C=C1)C1(CCC1)C2. The van der Waals surface area contributed by atoms with Crippen molar-refractivity contribution >= 4 is 29.2 Å². The first kappa shape index (κ1) is 24.8. The monoisotopic (exact) mass is 564 g/mol. The number of hydrogen-bond donors (Lipinski definition) is 2. The van der Waals surface area contributed by atoms with Gasteiger partial charge in [0.1, 0.15) is 29.2 Å². The molecule has 4 aliphatic rings. The number of rotatable bonds is 6. The minimum absolute atomic E-state index is 0.0929. The molecule has 9 heteroatoms. The van der Waals surface area contributed by atoms with E-state index in [9.17, 15) is 9.90 Å². The first-order chi connectivity index (χ1) is 18.9. The number of fused-ring (bicyclic) bond motifs is 2. The lowest BCUT2D eigenvalue weighted by Gasteiger charge is -2.45. The summed E-state index contributed by atoms with van der Waals surface area (Å²) in [5.41, 5.74) is 4.28. The largest absolute Gasteiger partial charge is 0.478 e. The minimum atomic E-state index is -0.972. The van der Waals surface area contributed by atoms with Crippen LogP contribution in [0.15, 0.2) is 64.5 Å². The van der Waals surface area contributed by atoms with Crippen molar-refractivity contribution < 1.29 is 23.9 Å². The molecule has 0 amide bonds. The zero-order valence-electron chi connectivity index (χ0n) is 21.0. The number of aromatic carboxylic acids is 1. The van der Waals surface area contributed by atoms with Gasteiger partial charge in [0, 0.05) is 22.5 Å². The van der Waals surface area contributed by atoms with Gasteiger partial charge in [-0.15, -0.1) is 0 Å². The molecule has 0 saturated heterocycles. The van der Waals surface area contributed by atoms with Crippen molar-refractivity contribution in [2.45, 2.75) is 57.3 Å². The van der Waals surface area contributed by atoms with E-state index in [0.29, 0.717) is 38.7 Å². The normalized spacial score (nSPS) is 20.9. The first-order valence-electron chi connectivity index (χ1n) is 13.2. The van der Waals surface area contributed by atoms with Crippen molar-refractivity contribution in [3.8, 4) is 17.0 Å². The molecular formula is C30H26Cl2N2O5. The first-order valence-corrected chi connectivity index (χ1v) is 14.0. The molecule has 39 heavy (non-hydrogen) atoms. The van der Waals surface area contributed by atoms with Gasteiger partial charge in [0.15, 0.2) is 0 Å². The summed E-state index contributed by atoms with van der Waals surface area (Å²) in [7, 11) is 0. The van der Waals surface area contributed by atoms with Crippen LogP contribution in [0, 0.1) is 5.41 Å². The number of benzene rings is 2. The zero-order valence-corrected chi connectivity index (χ0v) is 22.5. The third-order valence-corrected chi connectivity index (χ3v) is 8.86. The van der Waals surface area contributed by atoms with E-state index in [4.69, 9.17) is 37.2 Å². The molecule has 200 valence electrons. The standard InChI is InChI=1S/C30H26Cl2N2O5/c31-20-3-1-4-21(32)25(20)26-19(27(39-34-26)16-5-6-16)15-37-24-10-9-22-28(33-24)30(11-2-12-30)14-18-8-7-17(29(35)36)13-23(18)38-22/h1,3-4,7-10,13,16,24,33H,2,5-6,11-12,14-15H2,(H,35,36). The smallest absolute Gasteiger partial charge is 0.335 e. The topological polar surface area (TPSA) is 93.8 Å². The van der Waals surface area contributed by atoms with Crippen molar-refractivity contribution in [1.82, 2.24) is 10.5 Å². The number of carbonyl (C=O) groups is 1. The van der Waals surface area contributed by atoms with Gasteiger partial charge in [-0.25, -0.2) is 4.79 Å². The van der Waals surface area contributed by atoms with E-state index in [-0.39, 0.29) is 17.6 Å². The van der Waals surface area contributed by atoms with E-state index in [1.165, 1.54) is 0 Å². The minimum Gasteiger partial charge on any atom is -0.478 e. The van der Waals surface area contributed by atoms with Crippen LogP contribution < -0.4 is 10.1 Å². The van der Waals surface area contributed by atoms with Gasteiger partial charge in [0.2, 0.25) is 0 Å². The molecule has 1 aromatic heterocycles. The molecule has 7 rings (SSSR count). The van der Waals surface area contributed by atoms with Gasteiger partial charge in [-0.3, -0.25) is 0 Å². The van der Waals surface area contributed by atoms with E-state index in [0.717, 1.165) is 61.1 Å². The fraction of sp³-hybridized carbons (Fsp3) is 0.333. The van der Waals surface area contributed by atoms with E-state index < -0.39 is 12.2 Å². The summed E-state index contributed by atoms with van der Waals surface area (Å²) in [6, 6.07) is 10.5. The Balaban J connectivity index is 1.16. The molecule has 2 aromatic carbocycles. The highest BCUT2D eigenvalue weighted by molar-refractivity contribution is 6.39. The molecule has 2 aliphatic heterocycles. The molecule has 7 nitrogen and oxygen atoms in total. The summed E-state index contributed by atoms with van der Waals surface area (Å²) in [5, 5.41) is 18.5. The van der Waals surface area contributed by atoms with Crippen LogP contribution in [-0.4, -0.2) is 22.5 Å². The van der Waals surface area contributed by atoms with Gasteiger partial charge in [-0.05, 0) is 74.1 Å². The zero-order chi connectivity index (χ0) is 26.7. The van der Waals surface area contributed by atoms with Crippen LogP contribution >= 0.6 is 23.2 Å².